The van der Waals surface area contributed by atoms with E-state index < -0.39 is 11.8 Å². The minimum Gasteiger partial charge on any atom is -0.618 e. The SMILES string of the molecule is Cc1ccc(/C=C2\SC(=O)N(CCNC(=O)c3cccc[n+]3[O-])C2=O)cc1. The molecule has 3 rings (SSSR count). The van der Waals surface area contributed by atoms with E-state index in [4.69, 9.17) is 0 Å². The van der Waals surface area contributed by atoms with Crippen molar-refractivity contribution in [2.24, 2.45) is 0 Å². The van der Waals surface area contributed by atoms with Gasteiger partial charge < -0.3 is 10.5 Å². The Balaban J connectivity index is 1.60. The lowest BCUT2D eigenvalue weighted by Gasteiger charge is -2.12. The van der Waals surface area contributed by atoms with Gasteiger partial charge in [-0.2, -0.15) is 4.73 Å². The van der Waals surface area contributed by atoms with Gasteiger partial charge in [0.15, 0.2) is 6.20 Å². The molecule has 0 atom stereocenters. The molecule has 1 N–H and O–H groups in total. The minimum atomic E-state index is -0.562. The molecule has 0 unspecified atom stereocenters. The number of hydrogen-bond donors (Lipinski definition) is 1. The van der Waals surface area contributed by atoms with E-state index in [-0.39, 0.29) is 24.0 Å². The number of nitrogens with zero attached hydrogens (tertiary/aromatic N) is 2. The fraction of sp³-hybridized carbons (Fsp3) is 0.158. The molecule has 1 saturated heterocycles. The zero-order valence-electron chi connectivity index (χ0n) is 14.5. The Bertz CT molecular complexity index is 925. The summed E-state index contributed by atoms with van der Waals surface area (Å²) in [6, 6.07) is 12.1. The lowest BCUT2D eigenvalue weighted by molar-refractivity contribution is -0.607. The van der Waals surface area contributed by atoms with Gasteiger partial charge in [0, 0.05) is 25.2 Å². The van der Waals surface area contributed by atoms with Gasteiger partial charge in [-0.1, -0.05) is 29.8 Å². The van der Waals surface area contributed by atoms with Crippen LogP contribution in [-0.2, 0) is 4.79 Å². The molecule has 0 spiro atoms. The molecule has 0 radical (unpaired) electrons. The predicted molar refractivity (Wildman–Crippen MR) is 102 cm³/mol. The number of carbonyl (C=O) groups excluding carboxylic acids is 3. The first-order valence-corrected chi connectivity index (χ1v) is 9.06. The van der Waals surface area contributed by atoms with Crippen LogP contribution >= 0.6 is 11.8 Å². The van der Waals surface area contributed by atoms with E-state index in [0.29, 0.717) is 9.64 Å². The third kappa shape index (κ3) is 4.35. The summed E-state index contributed by atoms with van der Waals surface area (Å²) in [4.78, 5) is 38.0. The number of carbonyl (C=O) groups is 3. The van der Waals surface area contributed by atoms with Crippen molar-refractivity contribution >= 4 is 34.9 Å². The number of benzene rings is 1. The maximum absolute atomic E-state index is 12.4. The number of nitrogens with one attached hydrogen (secondary N) is 1. The van der Waals surface area contributed by atoms with E-state index >= 15 is 0 Å². The predicted octanol–water partition coefficient (Wildman–Crippen LogP) is 2.09. The summed E-state index contributed by atoms with van der Waals surface area (Å²) in [7, 11) is 0. The van der Waals surface area contributed by atoms with E-state index in [1.54, 1.807) is 12.1 Å². The summed E-state index contributed by atoms with van der Waals surface area (Å²) in [5.41, 5.74) is 1.89. The van der Waals surface area contributed by atoms with Crippen molar-refractivity contribution in [1.82, 2.24) is 10.2 Å². The molecule has 7 nitrogen and oxygen atoms in total. The summed E-state index contributed by atoms with van der Waals surface area (Å²) in [6.45, 7) is 2.06. The third-order valence-electron chi connectivity index (χ3n) is 3.93. The molecule has 1 aliphatic heterocycles. The number of amides is 3. The number of pyridine rings is 1. The first-order chi connectivity index (χ1) is 13.0. The maximum atomic E-state index is 12.4. The maximum Gasteiger partial charge on any atom is 0.317 e. The van der Waals surface area contributed by atoms with E-state index in [2.05, 4.69) is 5.32 Å². The van der Waals surface area contributed by atoms with E-state index in [0.717, 1.165) is 27.8 Å². The van der Waals surface area contributed by atoms with Crippen molar-refractivity contribution < 1.29 is 19.1 Å². The minimum absolute atomic E-state index is 0.0351. The topological polar surface area (TPSA) is 93.4 Å². The highest BCUT2D eigenvalue weighted by atomic mass is 32.2. The van der Waals surface area contributed by atoms with Crippen LogP contribution in [0.25, 0.3) is 6.08 Å². The molecule has 0 saturated carbocycles. The molecule has 2 aromatic rings. The van der Waals surface area contributed by atoms with E-state index in [1.807, 2.05) is 31.2 Å². The van der Waals surface area contributed by atoms with Gasteiger partial charge in [-0.25, -0.2) is 0 Å². The van der Waals surface area contributed by atoms with Crippen LogP contribution in [0.1, 0.15) is 21.6 Å². The highest BCUT2D eigenvalue weighted by Crippen LogP contribution is 2.31. The molecular weight excluding hydrogens is 366 g/mol. The highest BCUT2D eigenvalue weighted by Gasteiger charge is 2.34. The van der Waals surface area contributed by atoms with Gasteiger partial charge in [-0.15, -0.1) is 0 Å². The standard InChI is InChI=1S/C19H17N3O4S/c1-13-5-7-14(8-6-13)12-16-18(24)21(19(25)27-16)11-9-20-17(23)15-4-2-3-10-22(15)26/h2-8,10,12H,9,11H2,1H3,(H,20,23)/b16-12-. The Kier molecular flexibility index (Phi) is 5.56. The molecule has 1 fully saturated rings. The van der Waals surface area contributed by atoms with Gasteiger partial charge in [0.1, 0.15) is 0 Å². The Morgan fingerprint density at radius 1 is 1.22 bits per heavy atom. The number of aryl methyl sites for hydroxylation is 1. The van der Waals surface area contributed by atoms with Gasteiger partial charge in [-0.05, 0) is 36.4 Å². The average Bonchev–Trinajstić information content (AvgIpc) is 2.91. The normalized spacial score (nSPS) is 15.4. The second-order valence-corrected chi connectivity index (χ2v) is 6.90. The van der Waals surface area contributed by atoms with Crippen molar-refractivity contribution in [2.45, 2.75) is 6.92 Å². The van der Waals surface area contributed by atoms with Gasteiger partial charge in [-0.3, -0.25) is 19.3 Å². The molecule has 0 bridgehead atoms. The average molecular weight is 383 g/mol. The molecule has 2 heterocycles. The number of rotatable bonds is 5. The van der Waals surface area contributed by atoms with Gasteiger partial charge in [0.25, 0.3) is 16.8 Å². The lowest BCUT2D eigenvalue weighted by Crippen LogP contribution is -2.42. The van der Waals surface area contributed by atoms with Crippen molar-refractivity contribution in [3.05, 3.63) is 75.6 Å². The van der Waals surface area contributed by atoms with Crippen molar-refractivity contribution in [3.63, 3.8) is 0 Å². The molecule has 0 aliphatic carbocycles. The first kappa shape index (κ1) is 18.7. The molecule has 8 heteroatoms. The first-order valence-electron chi connectivity index (χ1n) is 8.24. The van der Waals surface area contributed by atoms with Crippen LogP contribution in [0.2, 0.25) is 0 Å². The number of imide groups is 1. The molecule has 1 aromatic carbocycles. The van der Waals surface area contributed by atoms with Crippen molar-refractivity contribution in [3.8, 4) is 0 Å². The van der Waals surface area contributed by atoms with Gasteiger partial charge in [0.2, 0.25) is 0 Å². The van der Waals surface area contributed by atoms with Crippen molar-refractivity contribution in [2.75, 3.05) is 13.1 Å². The lowest BCUT2D eigenvalue weighted by atomic mass is 10.1. The smallest absolute Gasteiger partial charge is 0.317 e. The van der Waals surface area contributed by atoms with Crippen LogP contribution in [0.3, 0.4) is 0 Å². The highest BCUT2D eigenvalue weighted by molar-refractivity contribution is 8.18. The molecular formula is C19H17N3O4S. The Morgan fingerprint density at radius 2 is 1.96 bits per heavy atom. The molecule has 1 aromatic heterocycles. The molecule has 138 valence electrons. The third-order valence-corrected chi connectivity index (χ3v) is 4.83. The summed E-state index contributed by atoms with van der Waals surface area (Å²) < 4.78 is 0.458. The van der Waals surface area contributed by atoms with Gasteiger partial charge >= 0.3 is 5.91 Å². The van der Waals surface area contributed by atoms with Crippen LogP contribution in [0.15, 0.2) is 53.6 Å². The second kappa shape index (κ2) is 8.05. The quantitative estimate of drug-likeness (QED) is 0.485. The van der Waals surface area contributed by atoms with Crippen LogP contribution in [0.5, 0.6) is 0 Å². The van der Waals surface area contributed by atoms with Crippen LogP contribution in [-0.4, -0.2) is 35.0 Å². The number of aromatic nitrogens is 1. The van der Waals surface area contributed by atoms with E-state index in [9.17, 15) is 19.6 Å². The fourth-order valence-electron chi connectivity index (χ4n) is 2.48. The molecule has 27 heavy (non-hydrogen) atoms. The zero-order chi connectivity index (χ0) is 19.4. The Hall–Kier alpha value is -3.13. The van der Waals surface area contributed by atoms with E-state index in [1.165, 1.54) is 18.3 Å². The monoisotopic (exact) mass is 383 g/mol. The van der Waals surface area contributed by atoms with Gasteiger partial charge in [0.05, 0.1) is 4.91 Å². The summed E-state index contributed by atoms with van der Waals surface area (Å²) in [6.07, 6.45) is 2.90. The van der Waals surface area contributed by atoms with Crippen LogP contribution in [0, 0.1) is 12.1 Å². The number of hydrogen-bond acceptors (Lipinski definition) is 5. The molecule has 1 aliphatic rings. The van der Waals surface area contributed by atoms with Crippen LogP contribution < -0.4 is 10.0 Å². The zero-order valence-corrected chi connectivity index (χ0v) is 15.4. The molecule has 3 amide bonds. The van der Waals surface area contributed by atoms with Crippen LogP contribution in [0.4, 0.5) is 4.79 Å². The fourth-order valence-corrected chi connectivity index (χ4v) is 3.35. The largest absolute Gasteiger partial charge is 0.618 e. The Morgan fingerprint density at radius 3 is 2.67 bits per heavy atom. The second-order valence-electron chi connectivity index (χ2n) is 5.91. The summed E-state index contributed by atoms with van der Waals surface area (Å²) in [5, 5.41) is 13.7. The summed E-state index contributed by atoms with van der Waals surface area (Å²) >= 11 is 0.870. The summed E-state index contributed by atoms with van der Waals surface area (Å²) in [5.74, 6) is -0.953. The Labute approximate surface area is 160 Å². The van der Waals surface area contributed by atoms with Crippen molar-refractivity contribution in [1.29, 1.82) is 0 Å². The number of thioether (sulfide) groups is 1.